The van der Waals surface area contributed by atoms with Crippen LogP contribution in [0.5, 0.6) is 0 Å². The molecule has 14 heavy (non-hydrogen) atoms. The van der Waals surface area contributed by atoms with E-state index in [-0.39, 0.29) is 16.7 Å². The van der Waals surface area contributed by atoms with Crippen LogP contribution in [-0.4, -0.2) is 20.7 Å². The Morgan fingerprint density at radius 2 is 2.50 bits per heavy atom. The molecule has 4 nitrogen and oxygen atoms in total. The molecule has 0 aliphatic carbocycles. The Hall–Kier alpha value is -0.680. The van der Waals surface area contributed by atoms with Crippen molar-refractivity contribution in [1.82, 2.24) is 9.97 Å². The number of hydrogen-bond donors (Lipinski definition) is 1. The number of anilines is 1. The van der Waals surface area contributed by atoms with Crippen LogP contribution in [0.1, 0.15) is 13.3 Å². The zero-order valence-corrected chi connectivity index (χ0v) is 9.84. The standard InChI is InChI=1S/C8H9BrClN3O/c1-2-5(9)7(14)13-8-11-4-3-6(10)12-8/h3-5H,2H2,1H3,(H,11,12,13,14). The maximum atomic E-state index is 11.4. The average Bonchev–Trinajstić information content (AvgIpc) is 2.16. The second-order valence-electron chi connectivity index (χ2n) is 2.57. The number of halogens is 2. The van der Waals surface area contributed by atoms with Crippen molar-refractivity contribution in [2.75, 3.05) is 5.32 Å². The van der Waals surface area contributed by atoms with Gasteiger partial charge >= 0.3 is 0 Å². The van der Waals surface area contributed by atoms with E-state index in [1.54, 1.807) is 6.07 Å². The quantitative estimate of drug-likeness (QED) is 0.681. The van der Waals surface area contributed by atoms with Crippen molar-refractivity contribution < 1.29 is 4.79 Å². The molecule has 0 aliphatic rings. The van der Waals surface area contributed by atoms with Crippen LogP contribution in [0.2, 0.25) is 5.15 Å². The number of carbonyl (C=O) groups is 1. The van der Waals surface area contributed by atoms with Gasteiger partial charge in [0, 0.05) is 6.20 Å². The van der Waals surface area contributed by atoms with Crippen molar-refractivity contribution in [3.05, 3.63) is 17.4 Å². The number of alkyl halides is 1. The molecule has 1 heterocycles. The third-order valence-electron chi connectivity index (χ3n) is 1.50. The summed E-state index contributed by atoms with van der Waals surface area (Å²) in [4.78, 5) is 18.8. The predicted octanol–water partition coefficient (Wildman–Crippen LogP) is 2.24. The summed E-state index contributed by atoms with van der Waals surface area (Å²) >= 11 is 8.85. The van der Waals surface area contributed by atoms with E-state index >= 15 is 0 Å². The molecule has 76 valence electrons. The summed E-state index contributed by atoms with van der Waals surface area (Å²) in [6, 6.07) is 1.54. The number of amides is 1. The largest absolute Gasteiger partial charge is 0.294 e. The van der Waals surface area contributed by atoms with Crippen LogP contribution < -0.4 is 5.32 Å². The first kappa shape index (κ1) is 11.4. The number of rotatable bonds is 3. The van der Waals surface area contributed by atoms with Gasteiger partial charge in [0.15, 0.2) is 0 Å². The van der Waals surface area contributed by atoms with E-state index in [0.29, 0.717) is 11.6 Å². The lowest BCUT2D eigenvalue weighted by atomic mass is 10.3. The van der Waals surface area contributed by atoms with Crippen molar-refractivity contribution in [2.24, 2.45) is 0 Å². The normalized spacial score (nSPS) is 12.2. The van der Waals surface area contributed by atoms with Gasteiger partial charge < -0.3 is 0 Å². The molecule has 0 fully saturated rings. The first-order valence-corrected chi connectivity index (χ1v) is 5.36. The Labute approximate surface area is 95.2 Å². The molecule has 1 aromatic heterocycles. The van der Waals surface area contributed by atoms with Crippen LogP contribution in [-0.2, 0) is 4.79 Å². The zero-order valence-electron chi connectivity index (χ0n) is 7.50. The van der Waals surface area contributed by atoms with Crippen LogP contribution in [0.3, 0.4) is 0 Å². The fourth-order valence-electron chi connectivity index (χ4n) is 0.771. The maximum absolute atomic E-state index is 11.4. The summed E-state index contributed by atoms with van der Waals surface area (Å²) in [7, 11) is 0. The SMILES string of the molecule is CCC(Br)C(=O)Nc1nccc(Cl)n1. The third-order valence-corrected chi connectivity index (χ3v) is 2.77. The summed E-state index contributed by atoms with van der Waals surface area (Å²) in [5.41, 5.74) is 0. The molecule has 0 bridgehead atoms. The van der Waals surface area contributed by atoms with Gasteiger partial charge in [-0.15, -0.1) is 0 Å². The van der Waals surface area contributed by atoms with E-state index in [0.717, 1.165) is 0 Å². The van der Waals surface area contributed by atoms with Crippen LogP contribution in [0.15, 0.2) is 12.3 Å². The predicted molar refractivity (Wildman–Crippen MR) is 58.7 cm³/mol. The molecule has 0 saturated heterocycles. The highest BCUT2D eigenvalue weighted by molar-refractivity contribution is 9.10. The number of aromatic nitrogens is 2. The Balaban J connectivity index is 2.65. The lowest BCUT2D eigenvalue weighted by Gasteiger charge is -2.06. The lowest BCUT2D eigenvalue weighted by molar-refractivity contribution is -0.115. The van der Waals surface area contributed by atoms with Gasteiger partial charge in [-0.1, -0.05) is 34.5 Å². The molecule has 0 spiro atoms. The summed E-state index contributed by atoms with van der Waals surface area (Å²) < 4.78 is 0. The second kappa shape index (κ2) is 5.26. The average molecular weight is 279 g/mol. The highest BCUT2D eigenvalue weighted by atomic mass is 79.9. The molecule has 1 N–H and O–H groups in total. The summed E-state index contributed by atoms with van der Waals surface area (Å²) in [6.07, 6.45) is 2.19. The van der Waals surface area contributed by atoms with Crippen molar-refractivity contribution in [3.8, 4) is 0 Å². The van der Waals surface area contributed by atoms with Crippen molar-refractivity contribution in [2.45, 2.75) is 18.2 Å². The van der Waals surface area contributed by atoms with Crippen molar-refractivity contribution in [3.63, 3.8) is 0 Å². The number of hydrogen-bond acceptors (Lipinski definition) is 3. The maximum Gasteiger partial charge on any atom is 0.240 e. The van der Waals surface area contributed by atoms with Crippen LogP contribution in [0, 0.1) is 0 Å². The number of nitrogens with zero attached hydrogens (tertiary/aromatic N) is 2. The van der Waals surface area contributed by atoms with Gasteiger partial charge in [0.1, 0.15) is 5.15 Å². The topological polar surface area (TPSA) is 54.9 Å². The fourth-order valence-corrected chi connectivity index (χ4v) is 1.02. The second-order valence-corrected chi connectivity index (χ2v) is 4.06. The molecule has 1 unspecified atom stereocenters. The number of nitrogens with one attached hydrogen (secondary N) is 1. The molecule has 0 aliphatic heterocycles. The minimum atomic E-state index is -0.231. The Morgan fingerprint density at radius 1 is 1.79 bits per heavy atom. The lowest BCUT2D eigenvalue weighted by Crippen LogP contribution is -2.23. The van der Waals surface area contributed by atoms with Crippen LogP contribution in [0.25, 0.3) is 0 Å². The number of carbonyl (C=O) groups excluding carboxylic acids is 1. The van der Waals surface area contributed by atoms with E-state index in [1.807, 2.05) is 6.92 Å². The molecule has 1 atom stereocenters. The van der Waals surface area contributed by atoms with E-state index in [4.69, 9.17) is 11.6 Å². The minimum Gasteiger partial charge on any atom is -0.294 e. The zero-order chi connectivity index (χ0) is 10.6. The fraction of sp³-hybridized carbons (Fsp3) is 0.375. The van der Waals surface area contributed by atoms with E-state index < -0.39 is 0 Å². The third kappa shape index (κ3) is 3.23. The van der Waals surface area contributed by atoms with Gasteiger partial charge in [0.25, 0.3) is 0 Å². The van der Waals surface area contributed by atoms with Crippen LogP contribution >= 0.6 is 27.5 Å². The van der Waals surface area contributed by atoms with E-state index in [9.17, 15) is 4.79 Å². The molecular formula is C8H9BrClN3O. The Bertz CT molecular complexity index is 334. The molecule has 1 amide bonds. The highest BCUT2D eigenvalue weighted by Gasteiger charge is 2.13. The van der Waals surface area contributed by atoms with Gasteiger partial charge in [-0.05, 0) is 12.5 Å². The van der Waals surface area contributed by atoms with Crippen molar-refractivity contribution >= 4 is 39.4 Å². The Morgan fingerprint density at radius 3 is 3.07 bits per heavy atom. The smallest absolute Gasteiger partial charge is 0.240 e. The molecule has 0 radical (unpaired) electrons. The molecular weight excluding hydrogens is 269 g/mol. The highest BCUT2D eigenvalue weighted by Crippen LogP contribution is 2.09. The Kier molecular flexibility index (Phi) is 4.28. The van der Waals surface area contributed by atoms with E-state index in [2.05, 4.69) is 31.2 Å². The first-order valence-electron chi connectivity index (χ1n) is 4.07. The molecule has 0 saturated carbocycles. The van der Waals surface area contributed by atoms with Gasteiger partial charge in [-0.2, -0.15) is 0 Å². The molecule has 6 heteroatoms. The van der Waals surface area contributed by atoms with E-state index in [1.165, 1.54) is 6.20 Å². The summed E-state index contributed by atoms with van der Waals surface area (Å²) in [6.45, 7) is 1.90. The van der Waals surface area contributed by atoms with Crippen molar-refractivity contribution in [1.29, 1.82) is 0 Å². The van der Waals surface area contributed by atoms with Crippen LogP contribution in [0.4, 0.5) is 5.95 Å². The molecule has 0 aromatic carbocycles. The molecule has 1 aromatic rings. The van der Waals surface area contributed by atoms with Gasteiger partial charge in [0.05, 0.1) is 4.83 Å². The summed E-state index contributed by atoms with van der Waals surface area (Å²) in [5.74, 6) is 0.0511. The van der Waals surface area contributed by atoms with Gasteiger partial charge in [-0.25, -0.2) is 9.97 Å². The van der Waals surface area contributed by atoms with Gasteiger partial charge in [-0.3, -0.25) is 10.1 Å². The monoisotopic (exact) mass is 277 g/mol. The summed E-state index contributed by atoms with van der Waals surface area (Å²) in [5, 5.41) is 2.84. The minimum absolute atomic E-state index is 0.172. The van der Waals surface area contributed by atoms with Gasteiger partial charge in [0.2, 0.25) is 11.9 Å². The first-order chi connectivity index (χ1) is 6.63. The molecule has 1 rings (SSSR count).